The van der Waals surface area contributed by atoms with E-state index in [2.05, 4.69) is 5.32 Å². The molecule has 0 radical (unpaired) electrons. The van der Waals surface area contributed by atoms with Gasteiger partial charge in [0.2, 0.25) is 0 Å². The minimum atomic E-state index is -0.594. The first kappa shape index (κ1) is 11.2. The number of benzene rings is 1. The minimum Gasteiger partial charge on any atom is -0.392 e. The van der Waals surface area contributed by atoms with Crippen LogP contribution in [0.4, 0.5) is 0 Å². The van der Waals surface area contributed by atoms with E-state index < -0.39 is 6.10 Å². The summed E-state index contributed by atoms with van der Waals surface area (Å²) in [4.78, 5) is 11.6. The number of amides is 1. The van der Waals surface area contributed by atoms with E-state index in [1.165, 1.54) is 0 Å². The number of nitrogens with zero attached hydrogens (tertiary/aromatic N) is 1. The number of hydrogen-bond acceptors (Lipinski definition) is 3. The van der Waals surface area contributed by atoms with Crippen LogP contribution >= 0.6 is 0 Å². The van der Waals surface area contributed by atoms with Crippen LogP contribution in [-0.2, 0) is 0 Å². The maximum atomic E-state index is 11.6. The first-order valence-electron chi connectivity index (χ1n) is 4.60. The molecule has 0 fully saturated rings. The van der Waals surface area contributed by atoms with E-state index in [1.807, 2.05) is 6.07 Å². The van der Waals surface area contributed by atoms with Gasteiger partial charge in [0.05, 0.1) is 23.3 Å². The van der Waals surface area contributed by atoms with Crippen LogP contribution in [0.25, 0.3) is 0 Å². The molecular weight excluding hydrogens is 192 g/mol. The molecular formula is C11H12N2O2. The number of hydrogen-bond donors (Lipinski definition) is 2. The van der Waals surface area contributed by atoms with E-state index >= 15 is 0 Å². The van der Waals surface area contributed by atoms with Gasteiger partial charge in [0.25, 0.3) is 5.91 Å². The second kappa shape index (κ2) is 5.13. The molecule has 0 aliphatic carbocycles. The summed E-state index contributed by atoms with van der Waals surface area (Å²) >= 11 is 0. The number of carbonyl (C=O) groups excluding carboxylic acids is 1. The summed E-state index contributed by atoms with van der Waals surface area (Å²) in [6, 6.07) is 8.49. The van der Waals surface area contributed by atoms with E-state index in [0.717, 1.165) is 0 Å². The van der Waals surface area contributed by atoms with E-state index in [0.29, 0.717) is 11.1 Å². The van der Waals surface area contributed by atoms with E-state index in [4.69, 9.17) is 10.4 Å². The smallest absolute Gasteiger partial charge is 0.252 e. The zero-order valence-electron chi connectivity index (χ0n) is 8.40. The number of carbonyl (C=O) groups is 1. The van der Waals surface area contributed by atoms with Crippen LogP contribution < -0.4 is 5.32 Å². The SMILES string of the molecule is CC(O)CNC(=O)c1ccccc1C#N. The van der Waals surface area contributed by atoms with Crippen LogP contribution in [0.1, 0.15) is 22.8 Å². The molecule has 4 nitrogen and oxygen atoms in total. The summed E-state index contributed by atoms with van der Waals surface area (Å²) in [5, 5.41) is 20.3. The molecule has 0 aliphatic heterocycles. The molecule has 0 saturated heterocycles. The highest BCUT2D eigenvalue weighted by Crippen LogP contribution is 2.06. The highest BCUT2D eigenvalue weighted by atomic mass is 16.3. The molecule has 1 atom stereocenters. The second-order valence-corrected chi connectivity index (χ2v) is 3.22. The highest BCUT2D eigenvalue weighted by molar-refractivity contribution is 5.96. The minimum absolute atomic E-state index is 0.179. The summed E-state index contributed by atoms with van der Waals surface area (Å²) < 4.78 is 0. The molecule has 15 heavy (non-hydrogen) atoms. The Morgan fingerprint density at radius 2 is 2.27 bits per heavy atom. The Morgan fingerprint density at radius 1 is 1.60 bits per heavy atom. The van der Waals surface area contributed by atoms with Gasteiger partial charge in [-0.2, -0.15) is 5.26 Å². The highest BCUT2D eigenvalue weighted by Gasteiger charge is 2.10. The van der Waals surface area contributed by atoms with Crippen molar-refractivity contribution in [2.24, 2.45) is 0 Å². The largest absolute Gasteiger partial charge is 0.392 e. The number of nitriles is 1. The summed E-state index contributed by atoms with van der Waals surface area (Å²) in [5.41, 5.74) is 0.668. The Bertz CT molecular complexity index is 394. The zero-order chi connectivity index (χ0) is 11.3. The lowest BCUT2D eigenvalue weighted by molar-refractivity contribution is 0.0924. The molecule has 1 aromatic carbocycles. The zero-order valence-corrected chi connectivity index (χ0v) is 8.40. The third-order valence-corrected chi connectivity index (χ3v) is 1.85. The Balaban J connectivity index is 2.78. The van der Waals surface area contributed by atoms with Gasteiger partial charge < -0.3 is 10.4 Å². The molecule has 0 aliphatic rings. The van der Waals surface area contributed by atoms with Gasteiger partial charge in [0.15, 0.2) is 0 Å². The molecule has 2 N–H and O–H groups in total. The van der Waals surface area contributed by atoms with Crippen molar-refractivity contribution in [3.05, 3.63) is 35.4 Å². The third kappa shape index (κ3) is 3.08. The van der Waals surface area contributed by atoms with Crippen molar-refractivity contribution in [1.82, 2.24) is 5.32 Å². The first-order chi connectivity index (χ1) is 7.15. The van der Waals surface area contributed by atoms with Crippen LogP contribution in [0.15, 0.2) is 24.3 Å². The van der Waals surface area contributed by atoms with Crippen molar-refractivity contribution in [1.29, 1.82) is 5.26 Å². The molecule has 0 spiro atoms. The van der Waals surface area contributed by atoms with Crippen LogP contribution in [0, 0.1) is 11.3 Å². The predicted octanol–water partition coefficient (Wildman–Crippen LogP) is 0.669. The number of rotatable bonds is 3. The van der Waals surface area contributed by atoms with Crippen molar-refractivity contribution in [2.75, 3.05) is 6.54 Å². The van der Waals surface area contributed by atoms with Crippen LogP contribution in [0.5, 0.6) is 0 Å². The summed E-state index contributed by atoms with van der Waals surface area (Å²) in [5.74, 6) is -0.340. The van der Waals surface area contributed by atoms with Crippen LogP contribution in [0.2, 0.25) is 0 Å². The van der Waals surface area contributed by atoms with Gasteiger partial charge in [0, 0.05) is 6.54 Å². The average Bonchev–Trinajstić information content (AvgIpc) is 2.25. The fraction of sp³-hybridized carbons (Fsp3) is 0.273. The quantitative estimate of drug-likeness (QED) is 0.760. The van der Waals surface area contributed by atoms with Crippen molar-refractivity contribution >= 4 is 5.91 Å². The normalized spacial score (nSPS) is 11.5. The van der Waals surface area contributed by atoms with Crippen LogP contribution in [-0.4, -0.2) is 23.7 Å². The molecule has 0 aromatic heterocycles. The lowest BCUT2D eigenvalue weighted by atomic mass is 10.1. The Hall–Kier alpha value is -1.86. The number of aliphatic hydroxyl groups is 1. The van der Waals surface area contributed by atoms with Gasteiger partial charge in [-0.25, -0.2) is 0 Å². The Labute approximate surface area is 88.2 Å². The maximum absolute atomic E-state index is 11.6. The number of nitrogens with one attached hydrogen (secondary N) is 1. The lowest BCUT2D eigenvalue weighted by Gasteiger charge is -2.07. The average molecular weight is 204 g/mol. The van der Waals surface area contributed by atoms with E-state index in [1.54, 1.807) is 31.2 Å². The monoisotopic (exact) mass is 204 g/mol. The molecule has 0 heterocycles. The predicted molar refractivity (Wildman–Crippen MR) is 55.2 cm³/mol. The van der Waals surface area contributed by atoms with Gasteiger partial charge in [0.1, 0.15) is 0 Å². The van der Waals surface area contributed by atoms with E-state index in [9.17, 15) is 4.79 Å². The summed E-state index contributed by atoms with van der Waals surface area (Å²) in [7, 11) is 0. The molecule has 0 saturated carbocycles. The Morgan fingerprint density at radius 3 is 2.87 bits per heavy atom. The summed E-state index contributed by atoms with van der Waals surface area (Å²) in [6.07, 6.45) is -0.594. The molecule has 0 bridgehead atoms. The molecule has 1 unspecified atom stereocenters. The van der Waals surface area contributed by atoms with Crippen molar-refractivity contribution in [3.8, 4) is 6.07 Å². The topological polar surface area (TPSA) is 73.1 Å². The van der Waals surface area contributed by atoms with Crippen molar-refractivity contribution < 1.29 is 9.90 Å². The van der Waals surface area contributed by atoms with Crippen molar-refractivity contribution in [2.45, 2.75) is 13.0 Å². The first-order valence-corrected chi connectivity index (χ1v) is 4.60. The second-order valence-electron chi connectivity index (χ2n) is 3.22. The third-order valence-electron chi connectivity index (χ3n) is 1.85. The van der Waals surface area contributed by atoms with Gasteiger partial charge in [-0.05, 0) is 19.1 Å². The van der Waals surface area contributed by atoms with Gasteiger partial charge in [-0.15, -0.1) is 0 Å². The van der Waals surface area contributed by atoms with Gasteiger partial charge in [-0.3, -0.25) is 4.79 Å². The summed E-state index contributed by atoms with van der Waals surface area (Å²) in [6.45, 7) is 1.76. The maximum Gasteiger partial charge on any atom is 0.252 e. The molecule has 4 heteroatoms. The number of aliphatic hydroxyl groups excluding tert-OH is 1. The molecule has 1 rings (SSSR count). The fourth-order valence-electron chi connectivity index (χ4n) is 1.11. The Kier molecular flexibility index (Phi) is 3.83. The molecule has 78 valence electrons. The van der Waals surface area contributed by atoms with Gasteiger partial charge in [-0.1, -0.05) is 12.1 Å². The molecule has 1 amide bonds. The lowest BCUT2D eigenvalue weighted by Crippen LogP contribution is -2.30. The fourth-order valence-corrected chi connectivity index (χ4v) is 1.11. The van der Waals surface area contributed by atoms with Gasteiger partial charge >= 0.3 is 0 Å². The van der Waals surface area contributed by atoms with Crippen LogP contribution in [0.3, 0.4) is 0 Å². The standard InChI is InChI=1S/C11H12N2O2/c1-8(14)7-13-11(15)10-5-3-2-4-9(10)6-12/h2-5,8,14H,7H2,1H3,(H,13,15). The van der Waals surface area contributed by atoms with Crippen molar-refractivity contribution in [3.63, 3.8) is 0 Å². The van der Waals surface area contributed by atoms with E-state index in [-0.39, 0.29) is 12.5 Å². The molecule has 1 aromatic rings.